The second-order valence-electron chi connectivity index (χ2n) is 6.44. The molecule has 7 heteroatoms. The monoisotopic (exact) mass is 397 g/mol. The van der Waals surface area contributed by atoms with Gasteiger partial charge in [-0.2, -0.15) is 0 Å². The lowest BCUT2D eigenvalue weighted by molar-refractivity contribution is -0.117. The number of nitrogens with zero attached hydrogens (tertiary/aromatic N) is 2. The molecule has 27 heavy (non-hydrogen) atoms. The smallest absolute Gasteiger partial charge is 0.263 e. The van der Waals surface area contributed by atoms with E-state index in [2.05, 4.69) is 10.3 Å². The summed E-state index contributed by atoms with van der Waals surface area (Å²) in [6.07, 6.45) is 3.16. The van der Waals surface area contributed by atoms with Crippen LogP contribution >= 0.6 is 22.7 Å². The fourth-order valence-corrected chi connectivity index (χ4v) is 4.73. The predicted molar refractivity (Wildman–Crippen MR) is 109 cm³/mol. The molecule has 1 unspecified atom stereocenters. The predicted octanol–water partition coefficient (Wildman–Crippen LogP) is 4.49. The van der Waals surface area contributed by atoms with Gasteiger partial charge in [-0.15, -0.1) is 22.7 Å². The van der Waals surface area contributed by atoms with Crippen LogP contribution in [0.25, 0.3) is 9.88 Å². The van der Waals surface area contributed by atoms with Gasteiger partial charge in [-0.25, -0.2) is 4.98 Å². The van der Waals surface area contributed by atoms with E-state index in [9.17, 15) is 9.59 Å². The number of anilines is 1. The molecule has 1 atom stereocenters. The van der Waals surface area contributed by atoms with Gasteiger partial charge in [-0.05, 0) is 42.5 Å². The average Bonchev–Trinajstić information content (AvgIpc) is 3.42. The number of aromatic nitrogens is 1. The van der Waals surface area contributed by atoms with Gasteiger partial charge in [-0.1, -0.05) is 18.2 Å². The summed E-state index contributed by atoms with van der Waals surface area (Å²) in [4.78, 5) is 32.2. The minimum absolute atomic E-state index is 0.124. The van der Waals surface area contributed by atoms with Crippen molar-refractivity contribution in [2.24, 2.45) is 0 Å². The van der Waals surface area contributed by atoms with E-state index < -0.39 is 0 Å². The molecule has 0 radical (unpaired) electrons. The first-order chi connectivity index (χ1) is 13.1. The second kappa shape index (κ2) is 7.62. The summed E-state index contributed by atoms with van der Waals surface area (Å²) in [5, 5.41) is 5.88. The highest BCUT2D eigenvalue weighted by atomic mass is 32.1. The van der Waals surface area contributed by atoms with Crippen LogP contribution in [0.5, 0.6) is 0 Å². The van der Waals surface area contributed by atoms with E-state index in [0.29, 0.717) is 11.3 Å². The Hall–Kier alpha value is -2.51. The first-order valence-corrected chi connectivity index (χ1v) is 10.5. The van der Waals surface area contributed by atoms with Gasteiger partial charge >= 0.3 is 0 Å². The number of carbonyl (C=O) groups is 2. The van der Waals surface area contributed by atoms with Crippen molar-refractivity contribution in [2.45, 2.75) is 25.8 Å². The number of benzene rings is 1. The summed E-state index contributed by atoms with van der Waals surface area (Å²) in [6, 6.07) is 11.7. The van der Waals surface area contributed by atoms with Crippen molar-refractivity contribution in [1.82, 2.24) is 10.3 Å². The lowest BCUT2D eigenvalue weighted by Gasteiger charge is -2.18. The Morgan fingerprint density at radius 2 is 2.07 bits per heavy atom. The van der Waals surface area contributed by atoms with Crippen molar-refractivity contribution in [2.75, 3.05) is 11.4 Å². The fraction of sp³-hybridized carbons (Fsp3) is 0.250. The van der Waals surface area contributed by atoms with Crippen LogP contribution in [-0.4, -0.2) is 23.3 Å². The zero-order chi connectivity index (χ0) is 18.8. The Kier molecular flexibility index (Phi) is 5.05. The van der Waals surface area contributed by atoms with Crippen LogP contribution < -0.4 is 10.2 Å². The Labute approximate surface area is 165 Å². The van der Waals surface area contributed by atoms with Crippen molar-refractivity contribution in [3.63, 3.8) is 0 Å². The van der Waals surface area contributed by atoms with Crippen LogP contribution in [0.4, 0.5) is 5.69 Å². The molecule has 138 valence electrons. The van der Waals surface area contributed by atoms with Gasteiger partial charge in [0.1, 0.15) is 9.88 Å². The second-order valence-corrected chi connectivity index (χ2v) is 8.42. The normalized spacial score (nSPS) is 15.1. The number of thiophene rings is 1. The Morgan fingerprint density at radius 3 is 2.74 bits per heavy atom. The number of amides is 2. The number of nitrogens with one attached hydrogen (secondary N) is 1. The number of hydrogen-bond acceptors (Lipinski definition) is 5. The minimum Gasteiger partial charge on any atom is -0.345 e. The van der Waals surface area contributed by atoms with Gasteiger partial charge in [0, 0.05) is 18.7 Å². The number of carbonyl (C=O) groups excluding carboxylic acids is 2. The zero-order valence-corrected chi connectivity index (χ0v) is 16.5. The van der Waals surface area contributed by atoms with E-state index in [1.807, 2.05) is 53.6 Å². The summed E-state index contributed by atoms with van der Waals surface area (Å²) in [7, 11) is 0. The summed E-state index contributed by atoms with van der Waals surface area (Å²) < 4.78 is 0. The molecule has 1 aliphatic heterocycles. The molecule has 2 amide bonds. The summed E-state index contributed by atoms with van der Waals surface area (Å²) >= 11 is 3.01. The maximum absolute atomic E-state index is 12.5. The van der Waals surface area contributed by atoms with Crippen molar-refractivity contribution < 1.29 is 9.59 Å². The molecule has 5 nitrogen and oxygen atoms in total. The van der Waals surface area contributed by atoms with E-state index in [1.165, 1.54) is 11.3 Å². The van der Waals surface area contributed by atoms with E-state index in [4.69, 9.17) is 0 Å². The number of hydrogen-bond donors (Lipinski definition) is 1. The molecule has 0 spiro atoms. The third kappa shape index (κ3) is 3.79. The molecule has 4 rings (SSSR count). The highest BCUT2D eigenvalue weighted by Gasteiger charge is 2.22. The van der Waals surface area contributed by atoms with Gasteiger partial charge in [0.15, 0.2) is 0 Å². The van der Waals surface area contributed by atoms with Crippen LogP contribution in [0, 0.1) is 0 Å². The topological polar surface area (TPSA) is 62.3 Å². The summed E-state index contributed by atoms with van der Waals surface area (Å²) in [6.45, 7) is 2.73. The third-order valence-corrected chi connectivity index (χ3v) is 6.62. The molecule has 0 bridgehead atoms. The minimum atomic E-state index is -0.131. The molecule has 1 aliphatic rings. The van der Waals surface area contributed by atoms with E-state index in [0.717, 1.165) is 34.1 Å². The van der Waals surface area contributed by atoms with Gasteiger partial charge in [-0.3, -0.25) is 9.59 Å². The van der Waals surface area contributed by atoms with Crippen LogP contribution in [0.1, 0.15) is 41.0 Å². The molecule has 3 aromatic rings. The Morgan fingerprint density at radius 1 is 1.26 bits per heavy atom. The largest absolute Gasteiger partial charge is 0.345 e. The molecule has 1 saturated heterocycles. The zero-order valence-electron chi connectivity index (χ0n) is 14.8. The molecular formula is C20H19N3O2S2. The SMILES string of the molecule is CC(NC(=O)c1cnc(-c2cccs2)s1)c1ccc(N2CCCC2=O)cc1. The van der Waals surface area contributed by atoms with Crippen molar-refractivity contribution in [1.29, 1.82) is 0 Å². The molecule has 1 N–H and O–H groups in total. The first-order valence-electron chi connectivity index (χ1n) is 8.83. The molecule has 1 fully saturated rings. The number of rotatable bonds is 5. The molecule has 3 heterocycles. The summed E-state index contributed by atoms with van der Waals surface area (Å²) in [5.41, 5.74) is 1.92. The quantitative estimate of drug-likeness (QED) is 0.690. The lowest BCUT2D eigenvalue weighted by atomic mass is 10.1. The first kappa shape index (κ1) is 17.9. The van der Waals surface area contributed by atoms with E-state index >= 15 is 0 Å². The van der Waals surface area contributed by atoms with Crippen molar-refractivity contribution in [3.8, 4) is 9.88 Å². The van der Waals surface area contributed by atoms with Crippen LogP contribution in [0.3, 0.4) is 0 Å². The maximum atomic E-state index is 12.5. The van der Waals surface area contributed by atoms with Gasteiger partial charge in [0.25, 0.3) is 5.91 Å². The molecular weight excluding hydrogens is 378 g/mol. The van der Waals surface area contributed by atoms with E-state index in [1.54, 1.807) is 17.5 Å². The van der Waals surface area contributed by atoms with Gasteiger partial charge < -0.3 is 10.2 Å². The highest BCUT2D eigenvalue weighted by Crippen LogP contribution is 2.29. The molecule has 1 aromatic carbocycles. The van der Waals surface area contributed by atoms with Crippen LogP contribution in [-0.2, 0) is 4.79 Å². The summed E-state index contributed by atoms with van der Waals surface area (Å²) in [5.74, 6) is 0.0532. The van der Waals surface area contributed by atoms with Crippen molar-refractivity contribution >= 4 is 40.2 Å². The standard InChI is InChI=1S/C20H19N3O2S2/c1-13(14-6-8-15(9-7-14)23-10-2-5-18(23)24)22-19(25)17-12-21-20(27-17)16-4-3-11-26-16/h3-4,6-9,11-13H,2,5,10H2,1H3,(H,22,25). The van der Waals surface area contributed by atoms with Crippen LogP contribution in [0.2, 0.25) is 0 Å². The fourth-order valence-electron chi connectivity index (χ4n) is 3.11. The van der Waals surface area contributed by atoms with Crippen molar-refractivity contribution in [3.05, 3.63) is 58.4 Å². The number of thiazole rings is 1. The molecule has 0 saturated carbocycles. The van der Waals surface area contributed by atoms with Crippen LogP contribution in [0.15, 0.2) is 48.0 Å². The van der Waals surface area contributed by atoms with Gasteiger partial charge in [0.2, 0.25) is 5.91 Å². The highest BCUT2D eigenvalue weighted by molar-refractivity contribution is 7.21. The average molecular weight is 398 g/mol. The Bertz CT molecular complexity index is 948. The molecule has 2 aromatic heterocycles. The third-order valence-electron chi connectivity index (χ3n) is 4.59. The van der Waals surface area contributed by atoms with E-state index in [-0.39, 0.29) is 17.9 Å². The maximum Gasteiger partial charge on any atom is 0.263 e. The Balaban J connectivity index is 1.42. The lowest BCUT2D eigenvalue weighted by Crippen LogP contribution is -2.26. The molecule has 0 aliphatic carbocycles. The van der Waals surface area contributed by atoms with Gasteiger partial charge in [0.05, 0.1) is 17.1 Å².